The fraction of sp³-hybridized carbons (Fsp3) is 0.167. The van der Waals surface area contributed by atoms with Crippen LogP contribution in [0.3, 0.4) is 0 Å². The molecule has 1 amide bonds. The highest BCUT2D eigenvalue weighted by molar-refractivity contribution is 7.09. The molecule has 0 aliphatic heterocycles. The van der Waals surface area contributed by atoms with Gasteiger partial charge in [-0.1, -0.05) is 6.07 Å². The Morgan fingerprint density at radius 2 is 2.28 bits per heavy atom. The first-order valence-corrected chi connectivity index (χ1v) is 6.37. The molecular weight excluding hydrogens is 248 g/mol. The molecule has 1 aromatic heterocycles. The fourth-order valence-corrected chi connectivity index (χ4v) is 2.26. The maximum Gasteiger partial charge on any atom is 0.250 e. The Bertz CT molecular complexity index is 539. The Kier molecular flexibility index (Phi) is 3.78. The number of carbonyl (C=O) groups excluding carboxylic acids is 1. The molecule has 5 N–H and O–H groups in total. The molecule has 94 valence electrons. The summed E-state index contributed by atoms with van der Waals surface area (Å²) in [5.41, 5.74) is 12.7. The van der Waals surface area contributed by atoms with Crippen LogP contribution in [-0.2, 0) is 6.42 Å². The summed E-state index contributed by atoms with van der Waals surface area (Å²) in [6.45, 7) is 0.655. The number of rotatable bonds is 5. The maximum absolute atomic E-state index is 11.3. The van der Waals surface area contributed by atoms with E-state index >= 15 is 0 Å². The van der Waals surface area contributed by atoms with Crippen molar-refractivity contribution >= 4 is 28.6 Å². The molecule has 6 heteroatoms. The Labute approximate surface area is 109 Å². The lowest BCUT2D eigenvalue weighted by Crippen LogP contribution is -2.16. The molecule has 0 unspecified atom stereocenters. The molecule has 2 rings (SSSR count). The van der Waals surface area contributed by atoms with Crippen molar-refractivity contribution < 1.29 is 4.79 Å². The van der Waals surface area contributed by atoms with Crippen molar-refractivity contribution in [1.82, 2.24) is 4.98 Å². The highest BCUT2D eigenvalue weighted by atomic mass is 32.1. The summed E-state index contributed by atoms with van der Waals surface area (Å²) in [7, 11) is 0. The van der Waals surface area contributed by atoms with Crippen LogP contribution in [0.1, 0.15) is 15.4 Å². The number of carbonyl (C=O) groups is 1. The number of thiazole rings is 1. The summed E-state index contributed by atoms with van der Waals surface area (Å²) in [5.74, 6) is -0.487. The summed E-state index contributed by atoms with van der Waals surface area (Å²) in [6.07, 6.45) is 2.55. The van der Waals surface area contributed by atoms with E-state index < -0.39 is 5.91 Å². The van der Waals surface area contributed by atoms with Crippen molar-refractivity contribution in [2.75, 3.05) is 17.6 Å². The average Bonchev–Trinajstić information content (AvgIpc) is 2.84. The van der Waals surface area contributed by atoms with E-state index in [1.165, 1.54) is 0 Å². The van der Waals surface area contributed by atoms with Gasteiger partial charge in [0, 0.05) is 24.5 Å². The number of aromatic nitrogens is 1. The number of benzene rings is 1. The van der Waals surface area contributed by atoms with Gasteiger partial charge in [-0.3, -0.25) is 4.79 Å². The molecule has 0 aliphatic carbocycles. The minimum atomic E-state index is -0.487. The molecule has 0 atom stereocenters. The molecule has 0 fully saturated rings. The Morgan fingerprint density at radius 3 is 2.94 bits per heavy atom. The molecule has 0 saturated heterocycles. The van der Waals surface area contributed by atoms with Gasteiger partial charge in [-0.15, -0.1) is 11.3 Å². The molecule has 0 radical (unpaired) electrons. The first-order valence-electron chi connectivity index (χ1n) is 5.49. The molecular formula is C12H14N4OS. The lowest BCUT2D eigenvalue weighted by atomic mass is 10.1. The molecule has 0 saturated carbocycles. The van der Waals surface area contributed by atoms with Gasteiger partial charge in [0.05, 0.1) is 21.9 Å². The van der Waals surface area contributed by atoms with Crippen LogP contribution in [0.5, 0.6) is 0 Å². The fourth-order valence-electron chi connectivity index (χ4n) is 1.64. The van der Waals surface area contributed by atoms with E-state index in [2.05, 4.69) is 10.3 Å². The highest BCUT2D eigenvalue weighted by Gasteiger charge is 2.10. The molecule has 0 spiro atoms. The first-order chi connectivity index (χ1) is 8.68. The summed E-state index contributed by atoms with van der Waals surface area (Å²) in [4.78, 5) is 15.5. The summed E-state index contributed by atoms with van der Waals surface area (Å²) in [6, 6.07) is 5.10. The molecule has 1 aromatic carbocycles. The standard InChI is InChI=1S/C12H14N4OS/c13-9-3-1-2-8(12(14)17)11(9)16-5-4-10-15-6-7-18-10/h1-3,6-7,16H,4-5,13H2,(H2,14,17). The smallest absolute Gasteiger partial charge is 0.250 e. The van der Waals surface area contributed by atoms with Gasteiger partial charge in [-0.2, -0.15) is 0 Å². The predicted octanol–water partition coefficient (Wildman–Crippen LogP) is 1.48. The van der Waals surface area contributed by atoms with Crippen molar-refractivity contribution in [3.05, 3.63) is 40.3 Å². The second-order valence-corrected chi connectivity index (χ2v) is 4.72. The zero-order valence-electron chi connectivity index (χ0n) is 9.72. The van der Waals surface area contributed by atoms with Gasteiger partial charge in [-0.25, -0.2) is 4.98 Å². The normalized spacial score (nSPS) is 10.2. The van der Waals surface area contributed by atoms with E-state index in [4.69, 9.17) is 11.5 Å². The van der Waals surface area contributed by atoms with Crippen molar-refractivity contribution in [3.8, 4) is 0 Å². The highest BCUT2D eigenvalue weighted by Crippen LogP contribution is 2.23. The minimum absolute atomic E-state index is 0.411. The van der Waals surface area contributed by atoms with Crippen molar-refractivity contribution in [1.29, 1.82) is 0 Å². The summed E-state index contributed by atoms with van der Waals surface area (Å²) in [5, 5.41) is 6.11. The number of hydrogen-bond donors (Lipinski definition) is 3. The number of hydrogen-bond acceptors (Lipinski definition) is 5. The largest absolute Gasteiger partial charge is 0.397 e. The van der Waals surface area contributed by atoms with E-state index in [0.29, 0.717) is 23.5 Å². The second-order valence-electron chi connectivity index (χ2n) is 3.74. The Balaban J connectivity index is 2.06. The van der Waals surface area contributed by atoms with Gasteiger partial charge in [-0.05, 0) is 12.1 Å². The van der Waals surface area contributed by atoms with Crippen LogP contribution in [0.15, 0.2) is 29.8 Å². The molecule has 0 bridgehead atoms. The van der Waals surface area contributed by atoms with Crippen LogP contribution in [0, 0.1) is 0 Å². The van der Waals surface area contributed by atoms with E-state index in [9.17, 15) is 4.79 Å². The second kappa shape index (κ2) is 5.50. The predicted molar refractivity (Wildman–Crippen MR) is 73.7 cm³/mol. The number of nitrogens with one attached hydrogen (secondary N) is 1. The van der Waals surface area contributed by atoms with Gasteiger partial charge in [0.1, 0.15) is 0 Å². The number of nitrogen functional groups attached to an aromatic ring is 1. The van der Waals surface area contributed by atoms with E-state index in [1.807, 2.05) is 5.38 Å². The average molecular weight is 262 g/mol. The van der Waals surface area contributed by atoms with Crippen LogP contribution in [-0.4, -0.2) is 17.4 Å². The third-order valence-corrected chi connectivity index (χ3v) is 3.33. The van der Waals surface area contributed by atoms with Crippen LogP contribution in [0.25, 0.3) is 0 Å². The Morgan fingerprint density at radius 1 is 1.44 bits per heavy atom. The maximum atomic E-state index is 11.3. The van der Waals surface area contributed by atoms with Gasteiger partial charge >= 0.3 is 0 Å². The van der Waals surface area contributed by atoms with E-state index in [0.717, 1.165) is 11.4 Å². The number of amides is 1. The van der Waals surface area contributed by atoms with Crippen LogP contribution in [0.2, 0.25) is 0 Å². The van der Waals surface area contributed by atoms with Gasteiger partial charge in [0.15, 0.2) is 0 Å². The zero-order valence-corrected chi connectivity index (χ0v) is 10.5. The lowest BCUT2D eigenvalue weighted by Gasteiger charge is -2.12. The van der Waals surface area contributed by atoms with E-state index in [1.54, 1.807) is 35.7 Å². The SMILES string of the molecule is NC(=O)c1cccc(N)c1NCCc1nccs1. The number of para-hydroxylation sites is 1. The molecule has 18 heavy (non-hydrogen) atoms. The summed E-state index contributed by atoms with van der Waals surface area (Å²) < 4.78 is 0. The van der Waals surface area contributed by atoms with Crippen molar-refractivity contribution in [3.63, 3.8) is 0 Å². The third-order valence-electron chi connectivity index (χ3n) is 2.49. The van der Waals surface area contributed by atoms with Crippen molar-refractivity contribution in [2.45, 2.75) is 6.42 Å². The lowest BCUT2D eigenvalue weighted by molar-refractivity contribution is 0.100. The van der Waals surface area contributed by atoms with Crippen LogP contribution < -0.4 is 16.8 Å². The number of nitrogens with zero attached hydrogens (tertiary/aromatic N) is 1. The molecule has 5 nitrogen and oxygen atoms in total. The molecule has 1 heterocycles. The zero-order chi connectivity index (χ0) is 13.0. The Hall–Kier alpha value is -2.08. The third kappa shape index (κ3) is 2.78. The summed E-state index contributed by atoms with van der Waals surface area (Å²) >= 11 is 1.60. The van der Waals surface area contributed by atoms with Gasteiger partial charge in [0.25, 0.3) is 5.91 Å². The minimum Gasteiger partial charge on any atom is -0.397 e. The number of nitrogens with two attached hydrogens (primary N) is 2. The topological polar surface area (TPSA) is 94.0 Å². The number of anilines is 2. The van der Waals surface area contributed by atoms with Crippen LogP contribution in [0.4, 0.5) is 11.4 Å². The number of primary amides is 1. The first kappa shape index (κ1) is 12.4. The van der Waals surface area contributed by atoms with Crippen molar-refractivity contribution in [2.24, 2.45) is 5.73 Å². The van der Waals surface area contributed by atoms with E-state index in [-0.39, 0.29) is 0 Å². The van der Waals surface area contributed by atoms with Gasteiger partial charge in [0.2, 0.25) is 0 Å². The quantitative estimate of drug-likeness (QED) is 0.711. The van der Waals surface area contributed by atoms with Crippen LogP contribution >= 0.6 is 11.3 Å². The monoisotopic (exact) mass is 262 g/mol. The molecule has 0 aliphatic rings. The van der Waals surface area contributed by atoms with Gasteiger partial charge < -0.3 is 16.8 Å². The molecule has 2 aromatic rings.